The van der Waals surface area contributed by atoms with Crippen molar-refractivity contribution in [2.24, 2.45) is 0 Å². The van der Waals surface area contributed by atoms with E-state index in [2.05, 4.69) is 5.32 Å². The van der Waals surface area contributed by atoms with Crippen LogP contribution in [-0.2, 0) is 0 Å². The third-order valence-corrected chi connectivity index (χ3v) is 3.14. The zero-order valence-corrected chi connectivity index (χ0v) is 11.8. The Morgan fingerprint density at radius 3 is 2.76 bits per heavy atom. The molecule has 4 nitrogen and oxygen atoms in total. The van der Waals surface area contributed by atoms with E-state index < -0.39 is 24.7 Å². The van der Waals surface area contributed by atoms with E-state index in [4.69, 9.17) is 4.74 Å². The van der Waals surface area contributed by atoms with E-state index in [0.29, 0.717) is 24.6 Å². The molecule has 21 heavy (non-hydrogen) atoms. The fourth-order valence-corrected chi connectivity index (χ4v) is 2.18. The van der Waals surface area contributed by atoms with E-state index >= 15 is 0 Å². The van der Waals surface area contributed by atoms with Crippen LogP contribution < -0.4 is 10.1 Å². The average Bonchev–Trinajstić information content (AvgIpc) is 2.42. The van der Waals surface area contributed by atoms with Crippen LogP contribution in [0.5, 0.6) is 5.75 Å². The minimum Gasteiger partial charge on any atom is -0.489 e. The molecule has 0 saturated carbocycles. The Hall–Kier alpha value is -1.92. The first-order valence-corrected chi connectivity index (χ1v) is 6.67. The summed E-state index contributed by atoms with van der Waals surface area (Å²) in [6.45, 7) is 2.80. The van der Waals surface area contributed by atoms with Crippen molar-refractivity contribution in [2.45, 2.75) is 26.1 Å². The van der Waals surface area contributed by atoms with Crippen molar-refractivity contribution in [3.8, 4) is 5.75 Å². The molecule has 2 rings (SSSR count). The predicted octanol–water partition coefficient (Wildman–Crippen LogP) is 2.90. The van der Waals surface area contributed by atoms with Crippen molar-refractivity contribution in [3.05, 3.63) is 23.8 Å². The SMILES string of the molecule is CC(C)N(CC(F)(F)F)C(=O)c1cccc2c1OCCN2. The molecular formula is C14H17F3N2O2. The molecule has 0 aliphatic carbocycles. The lowest BCUT2D eigenvalue weighted by molar-refractivity contribution is -0.143. The molecule has 0 atom stereocenters. The van der Waals surface area contributed by atoms with Gasteiger partial charge in [-0.15, -0.1) is 0 Å². The number of ether oxygens (including phenoxy) is 1. The number of nitrogens with zero attached hydrogens (tertiary/aromatic N) is 1. The van der Waals surface area contributed by atoms with Crippen LogP contribution in [0.3, 0.4) is 0 Å². The molecule has 1 aliphatic rings. The second-order valence-corrected chi connectivity index (χ2v) is 5.10. The molecule has 0 unspecified atom stereocenters. The Morgan fingerprint density at radius 2 is 2.14 bits per heavy atom. The summed E-state index contributed by atoms with van der Waals surface area (Å²) in [5, 5.41) is 3.06. The lowest BCUT2D eigenvalue weighted by atomic mass is 10.1. The highest BCUT2D eigenvalue weighted by Crippen LogP contribution is 2.33. The number of benzene rings is 1. The van der Waals surface area contributed by atoms with E-state index in [-0.39, 0.29) is 5.56 Å². The molecule has 0 radical (unpaired) electrons. The van der Waals surface area contributed by atoms with Crippen LogP contribution in [0.15, 0.2) is 18.2 Å². The fraction of sp³-hybridized carbons (Fsp3) is 0.500. The summed E-state index contributed by atoms with van der Waals surface area (Å²) in [7, 11) is 0. The van der Waals surface area contributed by atoms with Gasteiger partial charge in [-0.2, -0.15) is 13.2 Å². The molecular weight excluding hydrogens is 285 g/mol. The van der Waals surface area contributed by atoms with E-state index in [9.17, 15) is 18.0 Å². The number of para-hydroxylation sites is 1. The van der Waals surface area contributed by atoms with Crippen LogP contribution in [0.1, 0.15) is 24.2 Å². The standard InChI is InChI=1S/C14H17F3N2O2/c1-9(2)19(8-14(15,16)17)13(20)10-4-3-5-11-12(10)21-7-6-18-11/h3-5,9,18H,6-8H2,1-2H3. The van der Waals surface area contributed by atoms with Gasteiger partial charge in [0.2, 0.25) is 0 Å². The molecule has 0 saturated heterocycles. The maximum atomic E-state index is 12.6. The van der Waals surface area contributed by atoms with Crippen LogP contribution >= 0.6 is 0 Å². The zero-order chi connectivity index (χ0) is 15.6. The number of fused-ring (bicyclic) bond motifs is 1. The van der Waals surface area contributed by atoms with Gasteiger partial charge in [-0.1, -0.05) is 6.07 Å². The summed E-state index contributed by atoms with van der Waals surface area (Å²) in [5.74, 6) is -0.357. The van der Waals surface area contributed by atoms with Crippen LogP contribution in [-0.4, -0.2) is 42.7 Å². The molecule has 1 aromatic rings. The van der Waals surface area contributed by atoms with Crippen LogP contribution in [0.25, 0.3) is 0 Å². The van der Waals surface area contributed by atoms with E-state index in [1.54, 1.807) is 26.0 Å². The Morgan fingerprint density at radius 1 is 1.43 bits per heavy atom. The van der Waals surface area contributed by atoms with Crippen molar-refractivity contribution in [1.29, 1.82) is 0 Å². The summed E-state index contributed by atoms with van der Waals surface area (Å²) in [5.41, 5.74) is 0.778. The van der Waals surface area contributed by atoms with Crippen LogP contribution in [0.4, 0.5) is 18.9 Å². The molecule has 0 bridgehead atoms. The highest BCUT2D eigenvalue weighted by molar-refractivity contribution is 5.99. The molecule has 1 aromatic carbocycles. The van der Waals surface area contributed by atoms with Gasteiger partial charge in [0.1, 0.15) is 13.2 Å². The normalized spacial score (nSPS) is 14.2. The Bertz CT molecular complexity index is 529. The second kappa shape index (κ2) is 5.83. The molecule has 7 heteroatoms. The largest absolute Gasteiger partial charge is 0.489 e. The van der Waals surface area contributed by atoms with E-state index in [0.717, 1.165) is 4.90 Å². The summed E-state index contributed by atoms with van der Waals surface area (Å²) < 4.78 is 43.4. The maximum absolute atomic E-state index is 12.6. The molecule has 1 heterocycles. The number of carbonyl (C=O) groups excluding carboxylic acids is 1. The number of amides is 1. The fourth-order valence-electron chi connectivity index (χ4n) is 2.18. The van der Waals surface area contributed by atoms with Gasteiger partial charge in [-0.3, -0.25) is 4.79 Å². The number of hydrogen-bond acceptors (Lipinski definition) is 3. The van der Waals surface area contributed by atoms with Crippen LogP contribution in [0, 0.1) is 0 Å². The summed E-state index contributed by atoms with van der Waals surface area (Å²) in [6, 6.07) is 4.28. The summed E-state index contributed by atoms with van der Waals surface area (Å²) >= 11 is 0. The summed E-state index contributed by atoms with van der Waals surface area (Å²) in [4.78, 5) is 13.3. The molecule has 0 fully saturated rings. The monoisotopic (exact) mass is 302 g/mol. The molecule has 0 aromatic heterocycles. The number of halogens is 3. The topological polar surface area (TPSA) is 41.6 Å². The number of alkyl halides is 3. The lowest BCUT2D eigenvalue weighted by Crippen LogP contribution is -2.43. The average molecular weight is 302 g/mol. The number of anilines is 1. The predicted molar refractivity (Wildman–Crippen MR) is 72.7 cm³/mol. The van der Waals surface area contributed by atoms with Crippen molar-refractivity contribution in [1.82, 2.24) is 4.90 Å². The van der Waals surface area contributed by atoms with Crippen molar-refractivity contribution >= 4 is 11.6 Å². The van der Waals surface area contributed by atoms with Gasteiger partial charge in [-0.05, 0) is 26.0 Å². The Labute approximate surface area is 120 Å². The Balaban J connectivity index is 2.33. The number of rotatable bonds is 3. The van der Waals surface area contributed by atoms with Gasteiger partial charge < -0.3 is 15.0 Å². The van der Waals surface area contributed by atoms with Crippen molar-refractivity contribution < 1.29 is 22.7 Å². The van der Waals surface area contributed by atoms with E-state index in [1.807, 2.05) is 0 Å². The zero-order valence-electron chi connectivity index (χ0n) is 11.8. The molecule has 0 spiro atoms. The maximum Gasteiger partial charge on any atom is 0.406 e. The van der Waals surface area contributed by atoms with E-state index in [1.165, 1.54) is 6.07 Å². The highest BCUT2D eigenvalue weighted by Gasteiger charge is 2.35. The molecule has 1 aliphatic heterocycles. The quantitative estimate of drug-likeness (QED) is 0.933. The molecule has 1 N–H and O–H groups in total. The first kappa shape index (κ1) is 15.5. The summed E-state index contributed by atoms with van der Waals surface area (Å²) in [6.07, 6.45) is -4.44. The molecule has 116 valence electrons. The molecule has 1 amide bonds. The number of carbonyl (C=O) groups is 1. The van der Waals surface area contributed by atoms with Crippen molar-refractivity contribution in [3.63, 3.8) is 0 Å². The Kier molecular flexibility index (Phi) is 4.29. The number of hydrogen-bond donors (Lipinski definition) is 1. The van der Waals surface area contributed by atoms with Gasteiger partial charge >= 0.3 is 6.18 Å². The first-order valence-electron chi connectivity index (χ1n) is 6.67. The van der Waals surface area contributed by atoms with Gasteiger partial charge in [-0.25, -0.2) is 0 Å². The van der Waals surface area contributed by atoms with Gasteiger partial charge in [0.15, 0.2) is 5.75 Å². The van der Waals surface area contributed by atoms with Gasteiger partial charge in [0.25, 0.3) is 5.91 Å². The third kappa shape index (κ3) is 3.59. The first-order chi connectivity index (χ1) is 9.79. The minimum absolute atomic E-state index is 0.151. The minimum atomic E-state index is -4.44. The van der Waals surface area contributed by atoms with Crippen LogP contribution in [0.2, 0.25) is 0 Å². The second-order valence-electron chi connectivity index (χ2n) is 5.10. The third-order valence-electron chi connectivity index (χ3n) is 3.14. The van der Waals surface area contributed by atoms with Gasteiger partial charge in [0, 0.05) is 12.6 Å². The highest BCUT2D eigenvalue weighted by atomic mass is 19.4. The lowest BCUT2D eigenvalue weighted by Gasteiger charge is -2.29. The smallest absolute Gasteiger partial charge is 0.406 e. The van der Waals surface area contributed by atoms with Crippen molar-refractivity contribution in [2.75, 3.05) is 25.0 Å². The number of nitrogens with one attached hydrogen (secondary N) is 1. The van der Waals surface area contributed by atoms with Gasteiger partial charge in [0.05, 0.1) is 11.3 Å².